The number of hydrogen-bond donors (Lipinski definition) is 2. The first kappa shape index (κ1) is 13.6. The van der Waals surface area contributed by atoms with Crippen LogP contribution in [0.3, 0.4) is 0 Å². The molecule has 1 aromatic carbocycles. The van der Waals surface area contributed by atoms with Crippen molar-refractivity contribution in [1.29, 1.82) is 0 Å². The van der Waals surface area contributed by atoms with Gasteiger partial charge in [0, 0.05) is 11.1 Å². The van der Waals surface area contributed by atoms with Crippen LogP contribution in [0.1, 0.15) is 20.3 Å². The molecule has 0 fully saturated rings. The second-order valence-electron chi connectivity index (χ2n) is 3.75. The minimum absolute atomic E-state index is 0.125. The summed E-state index contributed by atoms with van der Waals surface area (Å²) in [5.41, 5.74) is 0.556. The van der Waals surface area contributed by atoms with E-state index in [0.717, 1.165) is 6.42 Å². The molecule has 17 heavy (non-hydrogen) atoms. The van der Waals surface area contributed by atoms with E-state index in [0.29, 0.717) is 16.5 Å². The van der Waals surface area contributed by atoms with Gasteiger partial charge in [-0.05, 0) is 31.5 Å². The molecule has 1 rings (SSSR count). The highest BCUT2D eigenvalue weighted by molar-refractivity contribution is 6.31. The Hall–Kier alpha value is -1.42. The molecule has 0 aromatic heterocycles. The van der Waals surface area contributed by atoms with E-state index in [1.165, 1.54) is 0 Å². The van der Waals surface area contributed by atoms with Crippen LogP contribution in [-0.2, 0) is 0 Å². The van der Waals surface area contributed by atoms with Crippen molar-refractivity contribution in [2.75, 3.05) is 12.4 Å². The van der Waals surface area contributed by atoms with Crippen molar-refractivity contribution in [3.63, 3.8) is 0 Å². The average Bonchev–Trinajstić information content (AvgIpc) is 2.29. The molecule has 0 aliphatic carbocycles. The summed E-state index contributed by atoms with van der Waals surface area (Å²) in [6, 6.07) is 4.93. The van der Waals surface area contributed by atoms with Crippen molar-refractivity contribution in [3.05, 3.63) is 23.2 Å². The van der Waals surface area contributed by atoms with E-state index >= 15 is 0 Å². The molecule has 1 aromatic rings. The fraction of sp³-hybridized carbons (Fsp3) is 0.417. The lowest BCUT2D eigenvalue weighted by molar-refractivity contribution is 0.249. The number of anilines is 1. The van der Waals surface area contributed by atoms with Crippen LogP contribution in [0.15, 0.2) is 18.2 Å². The average molecular weight is 257 g/mol. The third-order valence-corrected chi connectivity index (χ3v) is 2.63. The minimum atomic E-state index is -0.264. The maximum Gasteiger partial charge on any atom is 0.319 e. The number of amides is 2. The van der Waals surface area contributed by atoms with Gasteiger partial charge in [0.1, 0.15) is 5.75 Å². The lowest BCUT2D eigenvalue weighted by Gasteiger charge is -2.14. The van der Waals surface area contributed by atoms with Gasteiger partial charge in [-0.2, -0.15) is 0 Å². The molecule has 0 heterocycles. The van der Waals surface area contributed by atoms with Crippen LogP contribution in [0, 0.1) is 0 Å². The van der Waals surface area contributed by atoms with Crippen molar-refractivity contribution in [3.8, 4) is 5.75 Å². The highest BCUT2D eigenvalue weighted by Crippen LogP contribution is 2.27. The Kier molecular flexibility index (Phi) is 5.10. The van der Waals surface area contributed by atoms with Gasteiger partial charge in [-0.1, -0.05) is 18.5 Å². The topological polar surface area (TPSA) is 50.4 Å². The van der Waals surface area contributed by atoms with E-state index in [1.807, 2.05) is 13.8 Å². The number of carbonyl (C=O) groups excluding carboxylic acids is 1. The fourth-order valence-electron chi connectivity index (χ4n) is 1.26. The van der Waals surface area contributed by atoms with Crippen molar-refractivity contribution >= 4 is 23.3 Å². The zero-order valence-electron chi connectivity index (χ0n) is 10.2. The Bertz CT molecular complexity index is 396. The first-order valence-electron chi connectivity index (χ1n) is 5.47. The van der Waals surface area contributed by atoms with Gasteiger partial charge in [-0.15, -0.1) is 0 Å². The molecule has 0 aliphatic heterocycles. The molecular formula is C12H17ClN2O2. The van der Waals surface area contributed by atoms with Crippen molar-refractivity contribution in [2.24, 2.45) is 0 Å². The molecule has 0 saturated carbocycles. The number of halogens is 1. The number of benzene rings is 1. The third-order valence-electron chi connectivity index (χ3n) is 2.40. The van der Waals surface area contributed by atoms with Gasteiger partial charge in [0.05, 0.1) is 12.8 Å². The Balaban J connectivity index is 2.73. The Labute approximate surface area is 106 Å². The second-order valence-corrected chi connectivity index (χ2v) is 4.19. The molecule has 2 N–H and O–H groups in total. The molecule has 1 atom stereocenters. The predicted octanol–water partition coefficient (Wildman–Crippen LogP) is 3.27. The maximum absolute atomic E-state index is 11.6. The molecule has 4 nitrogen and oxygen atoms in total. The number of nitrogens with one attached hydrogen (secondary N) is 2. The third kappa shape index (κ3) is 4.15. The van der Waals surface area contributed by atoms with Gasteiger partial charge >= 0.3 is 6.03 Å². The lowest BCUT2D eigenvalue weighted by atomic mass is 10.2. The summed E-state index contributed by atoms with van der Waals surface area (Å²) in [5.74, 6) is 0.578. The summed E-state index contributed by atoms with van der Waals surface area (Å²) in [4.78, 5) is 11.6. The summed E-state index contributed by atoms with van der Waals surface area (Å²) in [7, 11) is 1.54. The number of carbonyl (C=O) groups is 1. The smallest absolute Gasteiger partial charge is 0.319 e. The molecule has 2 amide bonds. The largest absolute Gasteiger partial charge is 0.495 e. The van der Waals surface area contributed by atoms with Gasteiger partial charge in [-0.3, -0.25) is 0 Å². The van der Waals surface area contributed by atoms with Crippen LogP contribution in [0.5, 0.6) is 5.75 Å². The van der Waals surface area contributed by atoms with E-state index < -0.39 is 0 Å². The number of rotatable bonds is 4. The SMILES string of the molecule is CCC(C)NC(=O)Nc1cc(Cl)ccc1OC. The summed E-state index contributed by atoms with van der Waals surface area (Å²) in [5, 5.41) is 6.05. The molecule has 0 saturated heterocycles. The van der Waals surface area contributed by atoms with E-state index in [1.54, 1.807) is 25.3 Å². The van der Waals surface area contributed by atoms with E-state index in [9.17, 15) is 4.79 Å². The Morgan fingerprint density at radius 1 is 1.53 bits per heavy atom. The van der Waals surface area contributed by atoms with Gasteiger partial charge < -0.3 is 15.4 Å². The van der Waals surface area contributed by atoms with Crippen molar-refractivity contribution in [1.82, 2.24) is 5.32 Å². The van der Waals surface area contributed by atoms with Crippen LogP contribution < -0.4 is 15.4 Å². The van der Waals surface area contributed by atoms with Crippen molar-refractivity contribution < 1.29 is 9.53 Å². The molecule has 0 radical (unpaired) electrons. The molecule has 5 heteroatoms. The Morgan fingerprint density at radius 2 is 2.24 bits per heavy atom. The van der Waals surface area contributed by atoms with E-state index in [2.05, 4.69) is 10.6 Å². The molecule has 94 valence electrons. The van der Waals surface area contributed by atoms with Crippen LogP contribution in [-0.4, -0.2) is 19.2 Å². The number of ether oxygens (including phenoxy) is 1. The summed E-state index contributed by atoms with van der Waals surface area (Å²) < 4.78 is 5.13. The van der Waals surface area contributed by atoms with Gasteiger partial charge in [0.25, 0.3) is 0 Å². The Morgan fingerprint density at radius 3 is 2.82 bits per heavy atom. The lowest BCUT2D eigenvalue weighted by Crippen LogP contribution is -2.35. The monoisotopic (exact) mass is 256 g/mol. The number of urea groups is 1. The van der Waals surface area contributed by atoms with Crippen molar-refractivity contribution in [2.45, 2.75) is 26.3 Å². The second kappa shape index (κ2) is 6.35. The van der Waals surface area contributed by atoms with Gasteiger partial charge in [0.2, 0.25) is 0 Å². The van der Waals surface area contributed by atoms with Crippen LogP contribution in [0.2, 0.25) is 5.02 Å². The highest BCUT2D eigenvalue weighted by Gasteiger charge is 2.09. The zero-order valence-corrected chi connectivity index (χ0v) is 11.0. The molecular weight excluding hydrogens is 240 g/mol. The van der Waals surface area contributed by atoms with Gasteiger partial charge in [0.15, 0.2) is 0 Å². The molecule has 0 aliphatic rings. The standard InChI is InChI=1S/C12H17ClN2O2/c1-4-8(2)14-12(16)15-10-7-9(13)5-6-11(10)17-3/h5-8H,4H2,1-3H3,(H2,14,15,16). The van der Waals surface area contributed by atoms with E-state index in [-0.39, 0.29) is 12.1 Å². The summed E-state index contributed by atoms with van der Waals surface area (Å²) in [6.07, 6.45) is 0.875. The fourth-order valence-corrected chi connectivity index (χ4v) is 1.43. The molecule has 0 spiro atoms. The molecule has 0 bridgehead atoms. The first-order valence-corrected chi connectivity index (χ1v) is 5.85. The van der Waals surface area contributed by atoms with Crippen LogP contribution in [0.25, 0.3) is 0 Å². The summed E-state index contributed by atoms with van der Waals surface area (Å²) in [6.45, 7) is 3.94. The molecule has 1 unspecified atom stereocenters. The highest BCUT2D eigenvalue weighted by atomic mass is 35.5. The summed E-state index contributed by atoms with van der Waals surface area (Å²) >= 11 is 5.86. The van der Waals surface area contributed by atoms with E-state index in [4.69, 9.17) is 16.3 Å². The number of hydrogen-bond acceptors (Lipinski definition) is 2. The number of methoxy groups -OCH3 is 1. The predicted molar refractivity (Wildman–Crippen MR) is 69.9 cm³/mol. The van der Waals surface area contributed by atoms with Gasteiger partial charge in [-0.25, -0.2) is 4.79 Å². The normalized spacial score (nSPS) is 11.8. The maximum atomic E-state index is 11.6. The van der Waals surface area contributed by atoms with Crippen LogP contribution in [0.4, 0.5) is 10.5 Å². The van der Waals surface area contributed by atoms with Crippen LogP contribution >= 0.6 is 11.6 Å². The quantitative estimate of drug-likeness (QED) is 0.869. The first-order chi connectivity index (χ1) is 8.06. The zero-order chi connectivity index (χ0) is 12.8. The minimum Gasteiger partial charge on any atom is -0.495 e.